The van der Waals surface area contributed by atoms with Crippen LogP contribution in [0.4, 0.5) is 5.69 Å². The van der Waals surface area contributed by atoms with Crippen LogP contribution in [-0.2, 0) is 9.53 Å². The van der Waals surface area contributed by atoms with E-state index in [1.54, 1.807) is 0 Å². The minimum absolute atomic E-state index is 0.0908. The summed E-state index contributed by atoms with van der Waals surface area (Å²) in [5, 5.41) is 3.03. The van der Waals surface area contributed by atoms with Gasteiger partial charge in [-0.15, -0.1) is 0 Å². The number of carbonyl (C=O) groups is 1. The van der Waals surface area contributed by atoms with E-state index in [1.807, 2.05) is 12.1 Å². The molecule has 1 N–H and O–H groups in total. The molecule has 1 heterocycles. The Kier molecular flexibility index (Phi) is 5.34. The van der Waals surface area contributed by atoms with Gasteiger partial charge in [0.1, 0.15) is 0 Å². The van der Waals surface area contributed by atoms with E-state index >= 15 is 0 Å². The van der Waals surface area contributed by atoms with Crippen LogP contribution in [0.2, 0.25) is 0 Å². The Morgan fingerprint density at radius 2 is 2.00 bits per heavy atom. The van der Waals surface area contributed by atoms with Gasteiger partial charge in [-0.1, -0.05) is 26.0 Å². The maximum atomic E-state index is 12.4. The second-order valence-corrected chi connectivity index (χ2v) is 7.22. The van der Waals surface area contributed by atoms with Gasteiger partial charge in [0.15, 0.2) is 0 Å². The van der Waals surface area contributed by atoms with Crippen LogP contribution in [0.1, 0.15) is 44.6 Å². The molecule has 4 heteroatoms. The molecule has 2 fully saturated rings. The number of hydrogen-bond donors (Lipinski definition) is 1. The maximum Gasteiger partial charge on any atom is 0.238 e. The number of nitrogens with one attached hydrogen (secondary N) is 1. The van der Waals surface area contributed by atoms with Crippen molar-refractivity contribution in [2.75, 3.05) is 31.6 Å². The van der Waals surface area contributed by atoms with Gasteiger partial charge in [0.05, 0.1) is 13.2 Å². The van der Waals surface area contributed by atoms with Crippen molar-refractivity contribution in [3.05, 3.63) is 29.8 Å². The number of amides is 1. The highest BCUT2D eigenvalue weighted by Crippen LogP contribution is 2.28. The van der Waals surface area contributed by atoms with Crippen LogP contribution in [0.3, 0.4) is 0 Å². The van der Waals surface area contributed by atoms with Crippen molar-refractivity contribution in [1.82, 2.24) is 4.90 Å². The molecule has 23 heavy (non-hydrogen) atoms. The molecule has 1 aromatic rings. The average Bonchev–Trinajstić information content (AvgIpc) is 3.25. The first-order valence-corrected chi connectivity index (χ1v) is 8.83. The molecule has 1 atom stereocenters. The lowest BCUT2D eigenvalue weighted by atomic mass is 10.0. The molecule has 0 bridgehead atoms. The van der Waals surface area contributed by atoms with Gasteiger partial charge < -0.3 is 10.1 Å². The monoisotopic (exact) mass is 316 g/mol. The fourth-order valence-electron chi connectivity index (χ4n) is 3.18. The minimum atomic E-state index is 0.0908. The number of rotatable bonds is 7. The molecule has 3 rings (SSSR count). The van der Waals surface area contributed by atoms with E-state index in [-0.39, 0.29) is 5.91 Å². The molecule has 1 saturated heterocycles. The SMILES string of the molecule is CC(C)c1ccc(NC(=O)CN(CC2CCOC2)C2CC2)cc1. The van der Waals surface area contributed by atoms with E-state index in [9.17, 15) is 4.79 Å². The summed E-state index contributed by atoms with van der Waals surface area (Å²) < 4.78 is 5.46. The van der Waals surface area contributed by atoms with Gasteiger partial charge in [-0.3, -0.25) is 9.69 Å². The van der Waals surface area contributed by atoms with Crippen molar-refractivity contribution >= 4 is 11.6 Å². The maximum absolute atomic E-state index is 12.4. The lowest BCUT2D eigenvalue weighted by molar-refractivity contribution is -0.117. The number of hydrogen-bond acceptors (Lipinski definition) is 3. The summed E-state index contributed by atoms with van der Waals surface area (Å²) in [5.74, 6) is 1.19. The molecule has 0 aromatic heterocycles. The van der Waals surface area contributed by atoms with Crippen LogP contribution in [0.5, 0.6) is 0 Å². The van der Waals surface area contributed by atoms with Crippen molar-refractivity contribution in [1.29, 1.82) is 0 Å². The Bertz CT molecular complexity index is 517. The average molecular weight is 316 g/mol. The van der Waals surface area contributed by atoms with Gasteiger partial charge in [-0.25, -0.2) is 0 Å². The Morgan fingerprint density at radius 3 is 2.57 bits per heavy atom. The Morgan fingerprint density at radius 1 is 1.26 bits per heavy atom. The first-order chi connectivity index (χ1) is 11.1. The standard InChI is InChI=1S/C19H28N2O2/c1-14(2)16-3-5-17(6-4-16)20-19(22)12-21(18-7-8-18)11-15-9-10-23-13-15/h3-6,14-15,18H,7-13H2,1-2H3,(H,20,22). The zero-order chi connectivity index (χ0) is 16.2. The quantitative estimate of drug-likeness (QED) is 0.839. The third-order valence-electron chi connectivity index (χ3n) is 4.79. The normalized spacial score (nSPS) is 21.1. The zero-order valence-electron chi connectivity index (χ0n) is 14.3. The highest BCUT2D eigenvalue weighted by Gasteiger charge is 2.32. The van der Waals surface area contributed by atoms with Crippen LogP contribution >= 0.6 is 0 Å². The summed E-state index contributed by atoms with van der Waals surface area (Å²) in [6, 6.07) is 8.78. The molecule has 1 aromatic carbocycles. The van der Waals surface area contributed by atoms with Gasteiger partial charge in [0, 0.05) is 24.9 Å². The van der Waals surface area contributed by atoms with Crippen LogP contribution in [0.25, 0.3) is 0 Å². The van der Waals surface area contributed by atoms with Crippen molar-refractivity contribution in [2.24, 2.45) is 5.92 Å². The lowest BCUT2D eigenvalue weighted by Gasteiger charge is -2.24. The van der Waals surface area contributed by atoms with Crippen LogP contribution in [-0.4, -0.2) is 43.2 Å². The van der Waals surface area contributed by atoms with E-state index in [0.717, 1.165) is 31.9 Å². The molecule has 1 aliphatic carbocycles. The molecular weight excluding hydrogens is 288 g/mol. The summed E-state index contributed by atoms with van der Waals surface area (Å²) in [5.41, 5.74) is 2.18. The summed E-state index contributed by atoms with van der Waals surface area (Å²) in [4.78, 5) is 14.7. The van der Waals surface area contributed by atoms with Crippen molar-refractivity contribution < 1.29 is 9.53 Å². The first kappa shape index (κ1) is 16.5. The van der Waals surface area contributed by atoms with E-state index in [0.29, 0.717) is 24.4 Å². The Hall–Kier alpha value is -1.39. The lowest BCUT2D eigenvalue weighted by Crippen LogP contribution is -2.38. The molecule has 4 nitrogen and oxygen atoms in total. The molecule has 0 radical (unpaired) electrons. The summed E-state index contributed by atoms with van der Waals surface area (Å²) >= 11 is 0. The number of nitrogens with zero attached hydrogens (tertiary/aromatic N) is 1. The van der Waals surface area contributed by atoms with E-state index in [2.05, 4.69) is 36.2 Å². The number of anilines is 1. The van der Waals surface area contributed by atoms with Crippen LogP contribution in [0.15, 0.2) is 24.3 Å². The smallest absolute Gasteiger partial charge is 0.238 e. The highest BCUT2D eigenvalue weighted by atomic mass is 16.5. The van der Waals surface area contributed by atoms with Crippen LogP contribution < -0.4 is 5.32 Å². The number of benzene rings is 1. The Balaban J connectivity index is 1.52. The zero-order valence-corrected chi connectivity index (χ0v) is 14.3. The largest absolute Gasteiger partial charge is 0.381 e. The summed E-state index contributed by atoms with van der Waals surface area (Å²) in [6.45, 7) is 7.55. The molecule has 126 valence electrons. The van der Waals surface area contributed by atoms with Gasteiger partial charge in [-0.05, 0) is 48.8 Å². The van der Waals surface area contributed by atoms with Crippen molar-refractivity contribution in [2.45, 2.75) is 45.1 Å². The topological polar surface area (TPSA) is 41.6 Å². The second-order valence-electron chi connectivity index (χ2n) is 7.22. The summed E-state index contributed by atoms with van der Waals surface area (Å²) in [6.07, 6.45) is 3.58. The van der Waals surface area contributed by atoms with Crippen molar-refractivity contribution in [3.8, 4) is 0 Å². The second kappa shape index (κ2) is 7.45. The molecule has 2 aliphatic rings. The third kappa shape index (κ3) is 4.79. The fraction of sp³-hybridized carbons (Fsp3) is 0.632. The van der Waals surface area contributed by atoms with Gasteiger partial charge in [-0.2, -0.15) is 0 Å². The van der Waals surface area contributed by atoms with Gasteiger partial charge in [0.2, 0.25) is 5.91 Å². The molecule has 1 amide bonds. The molecule has 1 aliphatic heterocycles. The van der Waals surface area contributed by atoms with E-state index in [4.69, 9.17) is 4.74 Å². The summed E-state index contributed by atoms with van der Waals surface area (Å²) in [7, 11) is 0. The predicted molar refractivity (Wildman–Crippen MR) is 92.7 cm³/mol. The Labute approximate surface area is 139 Å². The molecular formula is C19H28N2O2. The molecule has 0 spiro atoms. The molecule has 1 unspecified atom stereocenters. The van der Waals surface area contributed by atoms with Gasteiger partial charge in [0.25, 0.3) is 0 Å². The minimum Gasteiger partial charge on any atom is -0.381 e. The predicted octanol–water partition coefficient (Wildman–Crippen LogP) is 3.25. The van der Waals surface area contributed by atoms with Crippen LogP contribution in [0, 0.1) is 5.92 Å². The van der Waals surface area contributed by atoms with Gasteiger partial charge >= 0.3 is 0 Å². The fourth-order valence-corrected chi connectivity index (χ4v) is 3.18. The highest BCUT2D eigenvalue weighted by molar-refractivity contribution is 5.92. The van der Waals surface area contributed by atoms with Crippen molar-refractivity contribution in [3.63, 3.8) is 0 Å². The first-order valence-electron chi connectivity index (χ1n) is 8.83. The number of carbonyl (C=O) groups excluding carboxylic acids is 1. The van der Waals surface area contributed by atoms with E-state index in [1.165, 1.54) is 18.4 Å². The number of ether oxygens (including phenoxy) is 1. The van der Waals surface area contributed by atoms with E-state index < -0.39 is 0 Å². The molecule has 1 saturated carbocycles. The third-order valence-corrected chi connectivity index (χ3v) is 4.79.